The molecule has 3 N–H and O–H groups in total. The fraction of sp³-hybridized carbons (Fsp3) is 0.906. The van der Waals surface area contributed by atoms with Crippen LogP contribution in [0.2, 0.25) is 0 Å². The SMILES string of the molecule is CCCCCCCCCCCC/C=C\CCCCCCCCCC(=O)NC(COP(=O)(O)OCC[N+](C)(C)C)C(O)/C=C/CCCCCCCCCCCCCCCCCCC. The van der Waals surface area contributed by atoms with Crippen molar-refractivity contribution in [3.63, 3.8) is 0 Å². The molecule has 0 aliphatic rings. The smallest absolute Gasteiger partial charge is 0.387 e. The highest BCUT2D eigenvalue weighted by molar-refractivity contribution is 7.47. The number of carbonyl (C=O) groups is 1. The lowest BCUT2D eigenvalue weighted by molar-refractivity contribution is -0.870. The summed E-state index contributed by atoms with van der Waals surface area (Å²) in [6.07, 6.45) is 55.4. The second kappa shape index (κ2) is 45.1. The van der Waals surface area contributed by atoms with Gasteiger partial charge in [-0.1, -0.05) is 231 Å². The van der Waals surface area contributed by atoms with Crippen LogP contribution in [0, 0.1) is 0 Å². The van der Waals surface area contributed by atoms with Gasteiger partial charge in [-0.15, -0.1) is 0 Å². The molecule has 0 radical (unpaired) electrons. The number of hydrogen-bond acceptors (Lipinski definition) is 5. The van der Waals surface area contributed by atoms with Gasteiger partial charge in [0.2, 0.25) is 5.91 Å². The van der Waals surface area contributed by atoms with E-state index in [0.717, 1.165) is 38.5 Å². The Hall–Kier alpha value is -1.02. The molecular formula is C53H106N2O6P+. The maximum atomic E-state index is 12.9. The Bertz CT molecular complexity index is 1060. The molecule has 1 amide bonds. The molecule has 0 fully saturated rings. The molecule has 8 nitrogen and oxygen atoms in total. The predicted octanol–water partition coefficient (Wildman–Crippen LogP) is 15.6. The minimum Gasteiger partial charge on any atom is -0.387 e. The molecule has 0 aromatic rings. The first-order chi connectivity index (χ1) is 30.0. The van der Waals surface area contributed by atoms with Crippen LogP contribution in [0.3, 0.4) is 0 Å². The number of amides is 1. The first kappa shape index (κ1) is 61.0. The number of nitrogens with zero attached hydrogens (tertiary/aromatic N) is 1. The highest BCUT2D eigenvalue weighted by Gasteiger charge is 2.27. The second-order valence-electron chi connectivity index (χ2n) is 19.6. The van der Waals surface area contributed by atoms with Crippen LogP contribution < -0.4 is 5.32 Å². The molecule has 0 aromatic carbocycles. The van der Waals surface area contributed by atoms with Crippen molar-refractivity contribution in [2.45, 2.75) is 270 Å². The highest BCUT2D eigenvalue weighted by atomic mass is 31.2. The normalized spacial score (nSPS) is 14.2. The summed E-state index contributed by atoms with van der Waals surface area (Å²) in [6, 6.07) is -0.847. The van der Waals surface area contributed by atoms with E-state index in [1.807, 2.05) is 27.2 Å². The summed E-state index contributed by atoms with van der Waals surface area (Å²) in [5.41, 5.74) is 0. The predicted molar refractivity (Wildman–Crippen MR) is 268 cm³/mol. The summed E-state index contributed by atoms with van der Waals surface area (Å²) in [6.45, 7) is 4.84. The van der Waals surface area contributed by atoms with Gasteiger partial charge in [-0.05, 0) is 44.9 Å². The number of phosphoric ester groups is 1. The summed E-state index contributed by atoms with van der Waals surface area (Å²) in [5, 5.41) is 13.9. The summed E-state index contributed by atoms with van der Waals surface area (Å²) in [5.74, 6) is -0.178. The van der Waals surface area contributed by atoms with Gasteiger partial charge in [0.15, 0.2) is 0 Å². The number of unbranched alkanes of at least 4 members (excludes halogenated alkanes) is 34. The van der Waals surface area contributed by atoms with Crippen LogP contribution in [0.4, 0.5) is 0 Å². The van der Waals surface area contributed by atoms with Crippen molar-refractivity contribution < 1.29 is 32.9 Å². The number of quaternary nitrogens is 1. The zero-order valence-corrected chi connectivity index (χ0v) is 42.8. The third-order valence-electron chi connectivity index (χ3n) is 12.2. The standard InChI is InChI=1S/C53H105N2O6P/c1-6-8-10-12-14-16-18-20-22-24-26-27-29-31-33-35-37-39-41-43-45-47-53(57)54-51(50-61-62(58,59)60-49-48-55(3,4)5)52(56)46-44-42-40-38-36-34-32-30-28-25-23-21-19-17-15-13-11-9-7-2/h27,29,44,46,51-52,56H,6-26,28,30-43,45,47-50H2,1-5H3,(H-,54,57,58,59)/p+1/b29-27-,46-44+. The average molecular weight is 898 g/mol. The third kappa shape index (κ3) is 47.0. The highest BCUT2D eigenvalue weighted by Crippen LogP contribution is 2.43. The molecular weight excluding hydrogens is 792 g/mol. The summed E-state index contributed by atoms with van der Waals surface area (Å²) >= 11 is 0. The van der Waals surface area contributed by atoms with Crippen LogP contribution in [0.15, 0.2) is 24.3 Å². The lowest BCUT2D eigenvalue weighted by Crippen LogP contribution is -2.45. The molecule has 3 atom stereocenters. The summed E-state index contributed by atoms with van der Waals surface area (Å²) < 4.78 is 23.7. The van der Waals surface area contributed by atoms with E-state index in [2.05, 4.69) is 31.3 Å². The minimum absolute atomic E-state index is 0.0621. The van der Waals surface area contributed by atoms with E-state index in [0.29, 0.717) is 17.4 Å². The first-order valence-electron chi connectivity index (χ1n) is 26.7. The summed E-state index contributed by atoms with van der Waals surface area (Å²) in [7, 11) is 1.58. The number of phosphoric acid groups is 1. The van der Waals surface area contributed by atoms with Gasteiger partial charge in [-0.3, -0.25) is 13.8 Å². The van der Waals surface area contributed by atoms with E-state index < -0.39 is 20.0 Å². The number of aliphatic hydroxyl groups excluding tert-OH is 1. The van der Waals surface area contributed by atoms with Crippen LogP contribution in [0.1, 0.15) is 258 Å². The lowest BCUT2D eigenvalue weighted by atomic mass is 10.0. The Morgan fingerprint density at radius 1 is 0.532 bits per heavy atom. The number of rotatable bonds is 49. The Kier molecular flexibility index (Phi) is 44.4. The second-order valence-corrected chi connectivity index (χ2v) is 21.1. The van der Waals surface area contributed by atoms with Gasteiger partial charge >= 0.3 is 7.82 Å². The van der Waals surface area contributed by atoms with E-state index in [1.165, 1.54) is 199 Å². The number of aliphatic hydroxyl groups is 1. The molecule has 0 aliphatic heterocycles. The number of nitrogens with one attached hydrogen (secondary N) is 1. The van der Waals surface area contributed by atoms with Crippen molar-refractivity contribution in [3.8, 4) is 0 Å². The van der Waals surface area contributed by atoms with Gasteiger partial charge in [0.05, 0.1) is 39.9 Å². The number of hydrogen-bond donors (Lipinski definition) is 3. The van der Waals surface area contributed by atoms with Gasteiger partial charge in [0.25, 0.3) is 0 Å². The van der Waals surface area contributed by atoms with Crippen molar-refractivity contribution in [2.75, 3.05) is 40.9 Å². The van der Waals surface area contributed by atoms with Gasteiger partial charge < -0.3 is 19.8 Å². The van der Waals surface area contributed by atoms with E-state index in [-0.39, 0.29) is 19.1 Å². The van der Waals surface area contributed by atoms with Crippen LogP contribution in [0.25, 0.3) is 0 Å². The Labute approximate surface area is 385 Å². The average Bonchev–Trinajstić information content (AvgIpc) is 3.23. The third-order valence-corrected chi connectivity index (χ3v) is 13.1. The van der Waals surface area contributed by atoms with E-state index in [4.69, 9.17) is 9.05 Å². The largest absolute Gasteiger partial charge is 0.472 e. The zero-order chi connectivity index (χ0) is 45.7. The number of allylic oxidation sites excluding steroid dienone is 3. The van der Waals surface area contributed by atoms with Crippen molar-refractivity contribution >= 4 is 13.7 Å². The van der Waals surface area contributed by atoms with E-state index >= 15 is 0 Å². The van der Waals surface area contributed by atoms with Crippen LogP contribution in [-0.2, 0) is 18.4 Å². The van der Waals surface area contributed by atoms with Gasteiger partial charge in [0, 0.05) is 6.42 Å². The molecule has 0 saturated heterocycles. The zero-order valence-electron chi connectivity index (χ0n) is 41.9. The maximum absolute atomic E-state index is 12.9. The van der Waals surface area contributed by atoms with Crippen LogP contribution >= 0.6 is 7.82 Å². The van der Waals surface area contributed by atoms with Crippen LogP contribution in [0.5, 0.6) is 0 Å². The first-order valence-corrected chi connectivity index (χ1v) is 28.2. The topological polar surface area (TPSA) is 105 Å². The minimum atomic E-state index is -4.34. The van der Waals surface area contributed by atoms with Crippen LogP contribution in [-0.4, -0.2) is 73.4 Å². The fourth-order valence-electron chi connectivity index (χ4n) is 7.92. The lowest BCUT2D eigenvalue weighted by Gasteiger charge is -2.25. The molecule has 3 unspecified atom stereocenters. The van der Waals surface area contributed by atoms with Gasteiger partial charge in [0.1, 0.15) is 13.2 Å². The Morgan fingerprint density at radius 3 is 1.24 bits per heavy atom. The van der Waals surface area contributed by atoms with E-state index in [9.17, 15) is 19.4 Å². The van der Waals surface area contributed by atoms with Crippen molar-refractivity contribution in [1.29, 1.82) is 0 Å². The maximum Gasteiger partial charge on any atom is 0.472 e. The van der Waals surface area contributed by atoms with E-state index in [1.54, 1.807) is 6.08 Å². The quantitative estimate of drug-likeness (QED) is 0.0243. The molecule has 0 rings (SSSR count). The molecule has 0 heterocycles. The molecule has 368 valence electrons. The molecule has 9 heteroatoms. The van der Waals surface area contributed by atoms with Gasteiger partial charge in [-0.25, -0.2) is 4.57 Å². The number of carbonyl (C=O) groups excluding carboxylic acids is 1. The molecule has 0 spiro atoms. The Balaban J connectivity index is 4.28. The fourth-order valence-corrected chi connectivity index (χ4v) is 8.66. The molecule has 0 aromatic heterocycles. The Morgan fingerprint density at radius 2 is 0.871 bits per heavy atom. The molecule has 62 heavy (non-hydrogen) atoms. The van der Waals surface area contributed by atoms with Crippen molar-refractivity contribution in [2.24, 2.45) is 0 Å². The van der Waals surface area contributed by atoms with Crippen molar-refractivity contribution in [3.05, 3.63) is 24.3 Å². The number of likely N-dealkylation sites (N-methyl/N-ethyl adjacent to an activating group) is 1. The monoisotopic (exact) mass is 898 g/mol. The summed E-state index contributed by atoms with van der Waals surface area (Å²) in [4.78, 5) is 23.2. The van der Waals surface area contributed by atoms with Crippen molar-refractivity contribution in [1.82, 2.24) is 5.32 Å². The molecule has 0 aliphatic carbocycles. The molecule has 0 saturated carbocycles. The van der Waals surface area contributed by atoms with Gasteiger partial charge in [-0.2, -0.15) is 0 Å². The molecule has 0 bridgehead atoms.